The van der Waals surface area contributed by atoms with E-state index < -0.39 is 17.7 Å². The molecule has 92 valence electrons. The Morgan fingerprint density at radius 1 is 1.29 bits per heavy atom. The van der Waals surface area contributed by atoms with Gasteiger partial charge in [0.05, 0.1) is 5.92 Å². The molecule has 4 nitrogen and oxygen atoms in total. The predicted octanol–water partition coefficient (Wildman–Crippen LogP) is 1.24. The summed E-state index contributed by atoms with van der Waals surface area (Å²) in [5.74, 6) is -1.29. The molecule has 0 aliphatic heterocycles. The standard InChI is InChI=1S/C12H16N2O2S/c1-17-10-5-3-2-4-8(10)9(12(14)16)6-7-11(13)15/h2-5,9H,6-7H2,1H3,(H2,13,15)(H2,14,16). The Balaban J connectivity index is 2.96. The topological polar surface area (TPSA) is 86.2 Å². The van der Waals surface area contributed by atoms with Crippen LogP contribution < -0.4 is 11.5 Å². The van der Waals surface area contributed by atoms with Crippen molar-refractivity contribution in [3.8, 4) is 0 Å². The summed E-state index contributed by atoms with van der Waals surface area (Å²) < 4.78 is 0. The zero-order valence-corrected chi connectivity index (χ0v) is 10.5. The lowest BCUT2D eigenvalue weighted by atomic mass is 9.93. The van der Waals surface area contributed by atoms with Crippen LogP contribution in [0, 0.1) is 0 Å². The number of thioether (sulfide) groups is 1. The van der Waals surface area contributed by atoms with Crippen molar-refractivity contribution >= 4 is 23.6 Å². The summed E-state index contributed by atoms with van der Waals surface area (Å²) in [6, 6.07) is 7.55. The second kappa shape index (κ2) is 6.30. The summed E-state index contributed by atoms with van der Waals surface area (Å²) in [4.78, 5) is 23.2. The smallest absolute Gasteiger partial charge is 0.225 e. The molecule has 0 saturated heterocycles. The van der Waals surface area contributed by atoms with Crippen molar-refractivity contribution in [2.75, 3.05) is 6.26 Å². The van der Waals surface area contributed by atoms with Gasteiger partial charge in [0.1, 0.15) is 0 Å². The van der Waals surface area contributed by atoms with E-state index in [2.05, 4.69) is 0 Å². The zero-order valence-electron chi connectivity index (χ0n) is 9.68. The van der Waals surface area contributed by atoms with Crippen molar-refractivity contribution in [2.24, 2.45) is 11.5 Å². The van der Waals surface area contributed by atoms with Crippen molar-refractivity contribution < 1.29 is 9.59 Å². The van der Waals surface area contributed by atoms with E-state index in [1.165, 1.54) is 0 Å². The molecule has 0 aromatic heterocycles. The summed E-state index contributed by atoms with van der Waals surface area (Å²) in [6.45, 7) is 0. The van der Waals surface area contributed by atoms with Gasteiger partial charge in [-0.1, -0.05) is 18.2 Å². The number of primary amides is 2. The number of hydrogen-bond donors (Lipinski definition) is 2. The summed E-state index contributed by atoms with van der Waals surface area (Å²) in [5, 5.41) is 0. The molecule has 1 atom stereocenters. The third kappa shape index (κ3) is 3.78. The largest absolute Gasteiger partial charge is 0.370 e. The Kier molecular flexibility index (Phi) is 5.03. The highest BCUT2D eigenvalue weighted by Gasteiger charge is 2.20. The molecule has 5 heteroatoms. The molecule has 0 aliphatic rings. The van der Waals surface area contributed by atoms with Gasteiger partial charge in [-0.3, -0.25) is 9.59 Å². The average Bonchev–Trinajstić information content (AvgIpc) is 2.29. The first-order chi connectivity index (χ1) is 8.06. The summed E-state index contributed by atoms with van der Waals surface area (Å²) in [5.41, 5.74) is 11.3. The highest BCUT2D eigenvalue weighted by Crippen LogP contribution is 2.29. The first-order valence-corrected chi connectivity index (χ1v) is 6.49. The molecule has 0 fully saturated rings. The molecule has 17 heavy (non-hydrogen) atoms. The number of carbonyl (C=O) groups excluding carboxylic acids is 2. The fourth-order valence-electron chi connectivity index (χ4n) is 1.69. The summed E-state index contributed by atoms with van der Waals surface area (Å²) >= 11 is 1.55. The molecule has 1 rings (SSSR count). The number of nitrogens with two attached hydrogens (primary N) is 2. The molecule has 1 unspecified atom stereocenters. The monoisotopic (exact) mass is 252 g/mol. The van der Waals surface area contributed by atoms with Crippen LogP contribution in [0.15, 0.2) is 29.2 Å². The quantitative estimate of drug-likeness (QED) is 0.747. The SMILES string of the molecule is CSc1ccccc1C(CCC(N)=O)C(N)=O. The number of benzene rings is 1. The molecule has 1 aromatic carbocycles. The van der Waals surface area contributed by atoms with E-state index in [0.29, 0.717) is 6.42 Å². The molecule has 0 heterocycles. The van der Waals surface area contributed by atoms with Gasteiger partial charge in [-0.2, -0.15) is 0 Å². The summed E-state index contributed by atoms with van der Waals surface area (Å²) in [6.07, 6.45) is 2.46. The molecule has 0 radical (unpaired) electrons. The molecule has 0 aliphatic carbocycles. The van der Waals surface area contributed by atoms with Crippen LogP contribution in [-0.4, -0.2) is 18.1 Å². The average molecular weight is 252 g/mol. The van der Waals surface area contributed by atoms with E-state index in [0.717, 1.165) is 10.5 Å². The fraction of sp³-hybridized carbons (Fsp3) is 0.333. The van der Waals surface area contributed by atoms with Crippen molar-refractivity contribution in [2.45, 2.75) is 23.7 Å². The molecule has 0 saturated carbocycles. The molecule has 0 bridgehead atoms. The molecule has 2 amide bonds. The van der Waals surface area contributed by atoms with Crippen LogP contribution >= 0.6 is 11.8 Å². The summed E-state index contributed by atoms with van der Waals surface area (Å²) in [7, 11) is 0. The van der Waals surface area contributed by atoms with E-state index in [-0.39, 0.29) is 6.42 Å². The van der Waals surface area contributed by atoms with Gasteiger partial charge < -0.3 is 11.5 Å². The van der Waals surface area contributed by atoms with Crippen molar-refractivity contribution in [1.29, 1.82) is 0 Å². The van der Waals surface area contributed by atoms with Crippen LogP contribution in [-0.2, 0) is 9.59 Å². The minimum Gasteiger partial charge on any atom is -0.370 e. The van der Waals surface area contributed by atoms with Gasteiger partial charge >= 0.3 is 0 Å². The van der Waals surface area contributed by atoms with Crippen molar-refractivity contribution in [3.63, 3.8) is 0 Å². The molecule has 1 aromatic rings. The first kappa shape index (κ1) is 13.6. The number of hydrogen-bond acceptors (Lipinski definition) is 3. The second-order valence-electron chi connectivity index (χ2n) is 3.70. The fourth-order valence-corrected chi connectivity index (χ4v) is 2.35. The molecule has 4 N–H and O–H groups in total. The van der Waals surface area contributed by atoms with E-state index in [9.17, 15) is 9.59 Å². The minimum atomic E-state index is -0.453. The lowest BCUT2D eigenvalue weighted by Gasteiger charge is -2.15. The van der Waals surface area contributed by atoms with Crippen LogP contribution in [0.3, 0.4) is 0 Å². The van der Waals surface area contributed by atoms with Crippen LogP contribution in [0.25, 0.3) is 0 Å². The predicted molar refractivity (Wildman–Crippen MR) is 68.6 cm³/mol. The maximum absolute atomic E-state index is 11.4. The van der Waals surface area contributed by atoms with Gasteiger partial charge in [-0.15, -0.1) is 11.8 Å². The molecular formula is C12H16N2O2S. The third-order valence-electron chi connectivity index (χ3n) is 2.54. The van der Waals surface area contributed by atoms with Crippen LogP contribution in [0.4, 0.5) is 0 Å². The van der Waals surface area contributed by atoms with E-state index in [1.807, 2.05) is 30.5 Å². The second-order valence-corrected chi connectivity index (χ2v) is 4.55. The molecular weight excluding hydrogens is 236 g/mol. The van der Waals surface area contributed by atoms with E-state index in [1.54, 1.807) is 11.8 Å². The highest BCUT2D eigenvalue weighted by atomic mass is 32.2. The van der Waals surface area contributed by atoms with Gasteiger partial charge in [-0.25, -0.2) is 0 Å². The van der Waals surface area contributed by atoms with Crippen molar-refractivity contribution in [3.05, 3.63) is 29.8 Å². The Hall–Kier alpha value is -1.49. The minimum absolute atomic E-state index is 0.163. The van der Waals surface area contributed by atoms with Gasteiger partial charge in [0.25, 0.3) is 0 Å². The lowest BCUT2D eigenvalue weighted by Crippen LogP contribution is -2.23. The zero-order chi connectivity index (χ0) is 12.8. The van der Waals surface area contributed by atoms with Crippen LogP contribution in [0.5, 0.6) is 0 Å². The maximum atomic E-state index is 11.4. The first-order valence-electron chi connectivity index (χ1n) is 5.26. The normalized spacial score (nSPS) is 12.1. The van der Waals surface area contributed by atoms with E-state index >= 15 is 0 Å². The number of carbonyl (C=O) groups is 2. The van der Waals surface area contributed by atoms with Gasteiger partial charge in [0, 0.05) is 11.3 Å². The van der Waals surface area contributed by atoms with Crippen LogP contribution in [0.2, 0.25) is 0 Å². The van der Waals surface area contributed by atoms with Gasteiger partial charge in [0.2, 0.25) is 11.8 Å². The van der Waals surface area contributed by atoms with E-state index in [4.69, 9.17) is 11.5 Å². The van der Waals surface area contributed by atoms with Crippen LogP contribution in [0.1, 0.15) is 24.3 Å². The highest BCUT2D eigenvalue weighted by molar-refractivity contribution is 7.98. The number of rotatable bonds is 6. The lowest BCUT2D eigenvalue weighted by molar-refractivity contribution is -0.120. The maximum Gasteiger partial charge on any atom is 0.225 e. The Morgan fingerprint density at radius 3 is 2.47 bits per heavy atom. The Bertz CT molecular complexity index is 421. The molecule has 0 spiro atoms. The van der Waals surface area contributed by atoms with Gasteiger partial charge in [-0.05, 0) is 24.3 Å². The Morgan fingerprint density at radius 2 is 1.94 bits per heavy atom. The Labute approximate surface area is 105 Å². The van der Waals surface area contributed by atoms with Crippen molar-refractivity contribution in [1.82, 2.24) is 0 Å². The third-order valence-corrected chi connectivity index (χ3v) is 3.35. The van der Waals surface area contributed by atoms with Gasteiger partial charge in [0.15, 0.2) is 0 Å². The number of amides is 2.